The van der Waals surface area contributed by atoms with Gasteiger partial charge in [-0.3, -0.25) is 4.79 Å². The molecule has 0 fully saturated rings. The second-order valence-electron chi connectivity index (χ2n) is 3.64. The Bertz CT molecular complexity index is 363. The zero-order valence-electron chi connectivity index (χ0n) is 9.16. The topological polar surface area (TPSA) is 72.3 Å². The quantitative estimate of drug-likeness (QED) is 0.749. The summed E-state index contributed by atoms with van der Waals surface area (Å²) in [6, 6.07) is 5.92. The van der Waals surface area contributed by atoms with Gasteiger partial charge in [0.1, 0.15) is 0 Å². The monoisotopic (exact) mass is 207 g/mol. The number of anilines is 1. The maximum absolute atomic E-state index is 10.8. The van der Waals surface area contributed by atoms with Crippen molar-refractivity contribution in [2.75, 3.05) is 18.5 Å². The fourth-order valence-electron chi connectivity index (χ4n) is 1.47. The van der Waals surface area contributed by atoms with Crippen LogP contribution in [0.15, 0.2) is 18.2 Å². The van der Waals surface area contributed by atoms with Crippen LogP contribution in [-0.4, -0.2) is 19.5 Å². The van der Waals surface area contributed by atoms with Crippen molar-refractivity contribution in [3.05, 3.63) is 29.3 Å². The first kappa shape index (κ1) is 11.5. The van der Waals surface area contributed by atoms with Crippen LogP contribution < -0.4 is 16.4 Å². The molecule has 4 nitrogen and oxygen atoms in total. The lowest BCUT2D eigenvalue weighted by Gasteiger charge is -2.18. The van der Waals surface area contributed by atoms with Crippen molar-refractivity contribution < 1.29 is 4.79 Å². The van der Waals surface area contributed by atoms with Gasteiger partial charge in [0, 0.05) is 19.3 Å². The molecule has 0 bridgehead atoms. The molecular formula is C11H17N3O. The van der Waals surface area contributed by atoms with Crippen LogP contribution in [0.1, 0.15) is 11.1 Å². The maximum Gasteiger partial charge on any atom is 0.236 e. The van der Waals surface area contributed by atoms with Gasteiger partial charge in [-0.05, 0) is 30.2 Å². The number of aryl methyl sites for hydroxylation is 1. The van der Waals surface area contributed by atoms with Crippen molar-refractivity contribution >= 4 is 11.6 Å². The van der Waals surface area contributed by atoms with E-state index in [1.54, 1.807) is 0 Å². The average molecular weight is 207 g/mol. The highest BCUT2D eigenvalue weighted by atomic mass is 16.1. The molecule has 1 aromatic carbocycles. The molecule has 1 amide bonds. The molecule has 0 aliphatic rings. The van der Waals surface area contributed by atoms with Gasteiger partial charge >= 0.3 is 0 Å². The number of likely N-dealkylation sites (N-methyl/N-ethyl adjacent to an activating group) is 1. The van der Waals surface area contributed by atoms with E-state index in [9.17, 15) is 4.79 Å². The molecule has 0 aliphatic heterocycles. The van der Waals surface area contributed by atoms with E-state index < -0.39 is 0 Å². The Morgan fingerprint density at radius 1 is 1.47 bits per heavy atom. The maximum atomic E-state index is 10.8. The summed E-state index contributed by atoms with van der Waals surface area (Å²) in [6.07, 6.45) is 0. The summed E-state index contributed by atoms with van der Waals surface area (Å²) in [4.78, 5) is 12.6. The fraction of sp³-hybridized carbons (Fsp3) is 0.364. The molecule has 1 aromatic rings. The van der Waals surface area contributed by atoms with E-state index in [-0.39, 0.29) is 12.5 Å². The van der Waals surface area contributed by atoms with E-state index in [1.165, 1.54) is 0 Å². The zero-order valence-corrected chi connectivity index (χ0v) is 9.16. The molecule has 0 saturated heterocycles. The predicted molar refractivity (Wildman–Crippen MR) is 61.5 cm³/mol. The Labute approximate surface area is 89.9 Å². The Morgan fingerprint density at radius 2 is 2.13 bits per heavy atom. The van der Waals surface area contributed by atoms with Crippen LogP contribution in [0.25, 0.3) is 0 Å². The van der Waals surface area contributed by atoms with Crippen LogP contribution in [-0.2, 0) is 11.3 Å². The highest BCUT2D eigenvalue weighted by Crippen LogP contribution is 2.17. The van der Waals surface area contributed by atoms with Gasteiger partial charge in [-0.1, -0.05) is 6.07 Å². The summed E-state index contributed by atoms with van der Waals surface area (Å²) in [5.74, 6) is -0.335. The van der Waals surface area contributed by atoms with E-state index in [1.807, 2.05) is 37.1 Å². The van der Waals surface area contributed by atoms with E-state index in [0.29, 0.717) is 6.54 Å². The third-order valence-corrected chi connectivity index (χ3v) is 2.38. The number of rotatable bonds is 4. The summed E-state index contributed by atoms with van der Waals surface area (Å²) in [5, 5.41) is 0. The van der Waals surface area contributed by atoms with E-state index in [2.05, 4.69) is 0 Å². The van der Waals surface area contributed by atoms with E-state index in [4.69, 9.17) is 11.5 Å². The van der Waals surface area contributed by atoms with Gasteiger partial charge in [-0.25, -0.2) is 0 Å². The number of hydrogen-bond donors (Lipinski definition) is 2. The minimum atomic E-state index is -0.335. The van der Waals surface area contributed by atoms with Crippen molar-refractivity contribution in [2.24, 2.45) is 11.5 Å². The number of primary amides is 1. The number of carbonyl (C=O) groups is 1. The molecule has 0 radical (unpaired) electrons. The predicted octanol–water partition coefficient (Wildman–Crippen LogP) is 0.375. The summed E-state index contributed by atoms with van der Waals surface area (Å²) >= 11 is 0. The first-order valence-corrected chi connectivity index (χ1v) is 4.83. The first-order valence-electron chi connectivity index (χ1n) is 4.83. The molecule has 82 valence electrons. The summed E-state index contributed by atoms with van der Waals surface area (Å²) < 4.78 is 0. The smallest absolute Gasteiger partial charge is 0.236 e. The van der Waals surface area contributed by atoms with Crippen molar-refractivity contribution in [1.29, 1.82) is 0 Å². The van der Waals surface area contributed by atoms with Crippen LogP contribution in [0, 0.1) is 6.92 Å². The van der Waals surface area contributed by atoms with Gasteiger partial charge in [-0.2, -0.15) is 0 Å². The molecule has 0 aromatic heterocycles. The molecule has 15 heavy (non-hydrogen) atoms. The number of nitrogens with zero attached hydrogens (tertiary/aromatic N) is 1. The Balaban J connectivity index is 2.87. The van der Waals surface area contributed by atoms with Gasteiger partial charge in [0.05, 0.1) is 6.54 Å². The highest BCUT2D eigenvalue weighted by molar-refractivity contribution is 5.79. The van der Waals surface area contributed by atoms with Crippen molar-refractivity contribution in [3.8, 4) is 0 Å². The molecule has 0 atom stereocenters. The van der Waals surface area contributed by atoms with Gasteiger partial charge in [0.2, 0.25) is 5.91 Å². The van der Waals surface area contributed by atoms with Gasteiger partial charge < -0.3 is 16.4 Å². The SMILES string of the molecule is Cc1cc(N(C)CC(N)=O)ccc1CN. The number of nitrogens with two attached hydrogens (primary N) is 2. The highest BCUT2D eigenvalue weighted by Gasteiger charge is 2.05. The third kappa shape index (κ3) is 2.95. The fourth-order valence-corrected chi connectivity index (χ4v) is 1.47. The number of amides is 1. The van der Waals surface area contributed by atoms with Crippen LogP contribution >= 0.6 is 0 Å². The lowest BCUT2D eigenvalue weighted by molar-refractivity contribution is -0.116. The first-order chi connectivity index (χ1) is 7.04. The molecule has 0 saturated carbocycles. The van der Waals surface area contributed by atoms with Gasteiger partial charge in [0.15, 0.2) is 0 Å². The Kier molecular flexibility index (Phi) is 3.68. The normalized spacial score (nSPS) is 10.1. The van der Waals surface area contributed by atoms with Crippen LogP contribution in [0.5, 0.6) is 0 Å². The van der Waals surface area contributed by atoms with Crippen molar-refractivity contribution in [1.82, 2.24) is 0 Å². The zero-order chi connectivity index (χ0) is 11.4. The molecule has 4 heteroatoms. The number of carbonyl (C=O) groups excluding carboxylic acids is 1. The van der Waals surface area contributed by atoms with E-state index >= 15 is 0 Å². The minimum Gasteiger partial charge on any atom is -0.368 e. The molecule has 0 spiro atoms. The molecular weight excluding hydrogens is 190 g/mol. The second kappa shape index (κ2) is 4.79. The second-order valence-corrected chi connectivity index (χ2v) is 3.64. The van der Waals surface area contributed by atoms with Crippen molar-refractivity contribution in [3.63, 3.8) is 0 Å². The van der Waals surface area contributed by atoms with Gasteiger partial charge in [-0.15, -0.1) is 0 Å². The van der Waals surface area contributed by atoms with E-state index in [0.717, 1.165) is 16.8 Å². The summed E-state index contributed by atoms with van der Waals surface area (Å²) in [7, 11) is 1.83. The molecule has 1 rings (SSSR count). The van der Waals surface area contributed by atoms with Crippen LogP contribution in [0.2, 0.25) is 0 Å². The van der Waals surface area contributed by atoms with Crippen molar-refractivity contribution in [2.45, 2.75) is 13.5 Å². The van der Waals surface area contributed by atoms with Gasteiger partial charge in [0.25, 0.3) is 0 Å². The molecule has 0 aliphatic carbocycles. The average Bonchev–Trinajstić information content (AvgIpc) is 2.16. The Morgan fingerprint density at radius 3 is 2.60 bits per heavy atom. The molecule has 0 unspecified atom stereocenters. The standard InChI is InChI=1S/C11H17N3O/c1-8-5-10(4-3-9(8)6-12)14(2)7-11(13)15/h3-5H,6-7,12H2,1-2H3,(H2,13,15). The largest absolute Gasteiger partial charge is 0.368 e. The minimum absolute atomic E-state index is 0.224. The van der Waals surface area contributed by atoms with Crippen LogP contribution in [0.4, 0.5) is 5.69 Å². The summed E-state index contributed by atoms with van der Waals surface area (Å²) in [5.41, 5.74) is 13.9. The lowest BCUT2D eigenvalue weighted by atomic mass is 10.1. The molecule has 0 heterocycles. The number of benzene rings is 1. The lowest BCUT2D eigenvalue weighted by Crippen LogP contribution is -2.30. The third-order valence-electron chi connectivity index (χ3n) is 2.38. The number of hydrogen-bond acceptors (Lipinski definition) is 3. The molecule has 4 N–H and O–H groups in total. The summed E-state index contributed by atoms with van der Waals surface area (Å²) in [6.45, 7) is 2.76. The van der Waals surface area contributed by atoms with Crippen LogP contribution in [0.3, 0.4) is 0 Å². The Hall–Kier alpha value is -1.55.